The zero-order chi connectivity index (χ0) is 19.9. The number of carbonyl (C=O) groups excluding carboxylic acids is 1. The Balaban J connectivity index is 1.55. The first-order valence-electron chi connectivity index (χ1n) is 8.39. The maximum atomic E-state index is 13.2. The summed E-state index contributed by atoms with van der Waals surface area (Å²) in [7, 11) is 0. The third kappa shape index (κ3) is 3.51. The van der Waals surface area contributed by atoms with E-state index in [4.69, 9.17) is 0 Å². The van der Waals surface area contributed by atoms with Crippen molar-refractivity contribution in [2.75, 3.05) is 5.32 Å². The Bertz CT molecular complexity index is 1060. The summed E-state index contributed by atoms with van der Waals surface area (Å²) in [4.78, 5) is 12.2. The number of nitrogens with one attached hydrogen (secondary N) is 1. The van der Waals surface area contributed by atoms with E-state index in [1.54, 1.807) is 31.2 Å². The van der Waals surface area contributed by atoms with Crippen molar-refractivity contribution < 1.29 is 27.4 Å². The van der Waals surface area contributed by atoms with Gasteiger partial charge in [0.15, 0.2) is 11.5 Å². The lowest BCUT2D eigenvalue weighted by atomic mass is 9.99. The van der Waals surface area contributed by atoms with Gasteiger partial charge in [-0.2, -0.15) is 0 Å². The van der Waals surface area contributed by atoms with E-state index in [9.17, 15) is 18.0 Å². The predicted octanol–water partition coefficient (Wildman–Crippen LogP) is 5.37. The maximum Gasteiger partial charge on any atom is 0.586 e. The summed E-state index contributed by atoms with van der Waals surface area (Å²) in [6.45, 7) is 1.77. The normalized spacial score (nSPS) is 14.0. The van der Waals surface area contributed by atoms with Crippen LogP contribution in [0.15, 0.2) is 60.7 Å². The molecule has 142 valence electrons. The van der Waals surface area contributed by atoms with Crippen molar-refractivity contribution in [3.05, 3.63) is 77.6 Å². The molecule has 4 nitrogen and oxygen atoms in total. The van der Waals surface area contributed by atoms with Crippen molar-refractivity contribution in [1.82, 2.24) is 0 Å². The number of halogens is 3. The van der Waals surface area contributed by atoms with Gasteiger partial charge in [-0.15, -0.1) is 8.78 Å². The molecule has 3 aromatic carbocycles. The molecule has 4 rings (SSSR count). The molecule has 0 fully saturated rings. The van der Waals surface area contributed by atoms with Crippen LogP contribution in [0.25, 0.3) is 11.1 Å². The van der Waals surface area contributed by atoms with E-state index in [1.807, 2.05) is 0 Å². The fraction of sp³-hybridized carbons (Fsp3) is 0.0952. The Labute approximate surface area is 158 Å². The lowest BCUT2D eigenvalue weighted by Gasteiger charge is -2.10. The second-order valence-electron chi connectivity index (χ2n) is 6.32. The van der Waals surface area contributed by atoms with E-state index in [0.29, 0.717) is 11.3 Å². The molecule has 0 aromatic heterocycles. The van der Waals surface area contributed by atoms with Gasteiger partial charge in [-0.05, 0) is 66.1 Å². The fourth-order valence-electron chi connectivity index (χ4n) is 2.98. The number of benzene rings is 3. The minimum Gasteiger partial charge on any atom is -0.395 e. The van der Waals surface area contributed by atoms with Gasteiger partial charge in [-0.1, -0.05) is 18.2 Å². The largest absolute Gasteiger partial charge is 0.586 e. The molecule has 0 unspecified atom stereocenters. The number of fused-ring (bicyclic) bond motifs is 1. The van der Waals surface area contributed by atoms with Crippen LogP contribution in [-0.2, 0) is 0 Å². The van der Waals surface area contributed by atoms with Gasteiger partial charge in [0.2, 0.25) is 0 Å². The van der Waals surface area contributed by atoms with E-state index in [1.165, 1.54) is 30.3 Å². The minimum absolute atomic E-state index is 0.00905. The summed E-state index contributed by atoms with van der Waals surface area (Å²) >= 11 is 0. The second kappa shape index (κ2) is 6.60. The first-order chi connectivity index (χ1) is 13.3. The molecule has 1 heterocycles. The van der Waals surface area contributed by atoms with E-state index in [-0.39, 0.29) is 17.1 Å². The molecule has 0 saturated heterocycles. The molecule has 0 aliphatic carbocycles. The van der Waals surface area contributed by atoms with Crippen molar-refractivity contribution in [2.45, 2.75) is 13.2 Å². The summed E-state index contributed by atoms with van der Waals surface area (Å²) in [5, 5.41) is 2.68. The van der Waals surface area contributed by atoms with Crippen molar-refractivity contribution in [3.63, 3.8) is 0 Å². The van der Waals surface area contributed by atoms with Crippen LogP contribution in [0.3, 0.4) is 0 Å². The molecule has 7 heteroatoms. The molecule has 28 heavy (non-hydrogen) atoms. The van der Waals surface area contributed by atoms with Crippen LogP contribution in [0, 0.1) is 12.7 Å². The SMILES string of the molecule is Cc1cc2c(cc1-c1ccc(NC(=O)c3cccc(F)c3)cc1)OC(F)(F)O2. The molecule has 3 aromatic rings. The monoisotopic (exact) mass is 385 g/mol. The number of carbonyl (C=O) groups is 1. The van der Waals surface area contributed by atoms with Crippen LogP contribution in [0.4, 0.5) is 18.9 Å². The molecule has 0 bridgehead atoms. The van der Waals surface area contributed by atoms with Gasteiger partial charge < -0.3 is 14.8 Å². The number of ether oxygens (including phenoxy) is 2. The highest BCUT2D eigenvalue weighted by atomic mass is 19.3. The molecular formula is C21H14F3NO3. The van der Waals surface area contributed by atoms with Crippen LogP contribution < -0.4 is 14.8 Å². The smallest absolute Gasteiger partial charge is 0.395 e. The molecule has 0 atom stereocenters. The van der Waals surface area contributed by atoms with Gasteiger partial charge >= 0.3 is 6.29 Å². The topological polar surface area (TPSA) is 47.6 Å². The molecule has 0 radical (unpaired) electrons. The average Bonchev–Trinajstić information content (AvgIpc) is 2.94. The Morgan fingerprint density at radius 3 is 2.32 bits per heavy atom. The number of rotatable bonds is 3. The molecule has 1 aliphatic heterocycles. The fourth-order valence-corrected chi connectivity index (χ4v) is 2.98. The van der Waals surface area contributed by atoms with Gasteiger partial charge in [0, 0.05) is 11.3 Å². The Kier molecular flexibility index (Phi) is 4.22. The third-order valence-electron chi connectivity index (χ3n) is 4.29. The Morgan fingerprint density at radius 1 is 0.964 bits per heavy atom. The number of hydrogen-bond donors (Lipinski definition) is 1. The summed E-state index contributed by atoms with van der Waals surface area (Å²) in [5.74, 6) is -0.972. The predicted molar refractivity (Wildman–Crippen MR) is 97.2 cm³/mol. The van der Waals surface area contributed by atoms with Crippen molar-refractivity contribution in [2.24, 2.45) is 0 Å². The number of amides is 1. The molecule has 1 aliphatic rings. The lowest BCUT2D eigenvalue weighted by molar-refractivity contribution is -0.286. The van der Waals surface area contributed by atoms with E-state index >= 15 is 0 Å². The number of hydrogen-bond acceptors (Lipinski definition) is 3. The van der Waals surface area contributed by atoms with E-state index < -0.39 is 18.0 Å². The minimum atomic E-state index is -3.67. The average molecular weight is 385 g/mol. The van der Waals surface area contributed by atoms with E-state index in [0.717, 1.165) is 17.2 Å². The second-order valence-corrected chi connectivity index (χ2v) is 6.32. The first kappa shape index (κ1) is 17.9. The quantitative estimate of drug-likeness (QED) is 0.659. The Hall–Kier alpha value is -3.48. The van der Waals surface area contributed by atoms with Crippen LogP contribution in [0.5, 0.6) is 11.5 Å². The zero-order valence-electron chi connectivity index (χ0n) is 14.6. The number of anilines is 1. The number of aryl methyl sites for hydroxylation is 1. The van der Waals surface area contributed by atoms with Gasteiger partial charge in [-0.25, -0.2) is 4.39 Å². The van der Waals surface area contributed by atoms with Crippen molar-refractivity contribution in [1.29, 1.82) is 0 Å². The molecule has 1 N–H and O–H groups in total. The highest BCUT2D eigenvalue weighted by molar-refractivity contribution is 6.04. The van der Waals surface area contributed by atoms with Gasteiger partial charge in [0.1, 0.15) is 5.82 Å². The summed E-state index contributed by atoms with van der Waals surface area (Å²) < 4.78 is 48.7. The van der Waals surface area contributed by atoms with Gasteiger partial charge in [0.25, 0.3) is 5.91 Å². The molecule has 0 saturated carbocycles. The third-order valence-corrected chi connectivity index (χ3v) is 4.29. The van der Waals surface area contributed by atoms with Gasteiger partial charge in [0.05, 0.1) is 0 Å². The molecule has 0 spiro atoms. The zero-order valence-corrected chi connectivity index (χ0v) is 14.6. The Morgan fingerprint density at radius 2 is 1.64 bits per heavy atom. The van der Waals surface area contributed by atoms with Crippen LogP contribution in [0.1, 0.15) is 15.9 Å². The lowest BCUT2D eigenvalue weighted by Crippen LogP contribution is -2.25. The molecular weight excluding hydrogens is 371 g/mol. The maximum absolute atomic E-state index is 13.2. The first-order valence-corrected chi connectivity index (χ1v) is 8.39. The van der Waals surface area contributed by atoms with E-state index in [2.05, 4.69) is 14.8 Å². The van der Waals surface area contributed by atoms with Crippen LogP contribution >= 0.6 is 0 Å². The van der Waals surface area contributed by atoms with Crippen molar-refractivity contribution in [3.8, 4) is 22.6 Å². The van der Waals surface area contributed by atoms with Crippen molar-refractivity contribution >= 4 is 11.6 Å². The highest BCUT2D eigenvalue weighted by Crippen LogP contribution is 2.44. The highest BCUT2D eigenvalue weighted by Gasteiger charge is 2.43. The van der Waals surface area contributed by atoms with Crippen LogP contribution in [-0.4, -0.2) is 12.2 Å². The summed E-state index contributed by atoms with van der Waals surface area (Å²) in [6, 6.07) is 15.2. The summed E-state index contributed by atoms with van der Waals surface area (Å²) in [6.07, 6.45) is -3.67. The molecule has 1 amide bonds. The van der Waals surface area contributed by atoms with Gasteiger partial charge in [-0.3, -0.25) is 4.79 Å². The van der Waals surface area contributed by atoms with Crippen LogP contribution in [0.2, 0.25) is 0 Å². The number of alkyl halides is 2. The summed E-state index contributed by atoms with van der Waals surface area (Å²) in [5.41, 5.74) is 2.90. The standard InChI is InChI=1S/C21H14F3NO3/c1-12-9-18-19(28-21(23,24)27-18)11-17(12)13-5-7-16(8-6-13)25-20(26)14-3-2-4-15(22)10-14/h2-11H,1H3,(H,25,26).